The first kappa shape index (κ1) is 17.8. The largest absolute Gasteiger partial charge is 0.508 e. The van der Waals surface area contributed by atoms with Crippen molar-refractivity contribution in [1.29, 1.82) is 0 Å². The van der Waals surface area contributed by atoms with E-state index in [4.69, 9.17) is 5.11 Å². The van der Waals surface area contributed by atoms with E-state index < -0.39 is 5.97 Å². The van der Waals surface area contributed by atoms with Crippen molar-refractivity contribution in [2.24, 2.45) is 0 Å². The number of benzene rings is 3. The first-order valence-corrected chi connectivity index (χ1v) is 9.10. The van der Waals surface area contributed by atoms with Gasteiger partial charge in [0.1, 0.15) is 5.75 Å². The summed E-state index contributed by atoms with van der Waals surface area (Å²) in [5.41, 5.74) is 1.18. The van der Waals surface area contributed by atoms with Gasteiger partial charge in [-0.2, -0.15) is 0 Å². The van der Waals surface area contributed by atoms with E-state index in [1.54, 1.807) is 0 Å². The third-order valence-corrected chi connectivity index (χ3v) is 4.86. The van der Waals surface area contributed by atoms with Gasteiger partial charge in [-0.1, -0.05) is 42.5 Å². The Morgan fingerprint density at radius 3 is 2.58 bits per heavy atom. The summed E-state index contributed by atoms with van der Waals surface area (Å²) in [4.78, 5) is 23.4. The second-order valence-electron chi connectivity index (χ2n) is 5.71. The number of aromatic hydroxyl groups is 1. The lowest BCUT2D eigenvalue weighted by molar-refractivity contribution is -0.113. The number of anilines is 1. The molecule has 0 saturated carbocycles. The highest BCUT2D eigenvalue weighted by atomic mass is 32.2. The molecule has 6 heteroatoms. The minimum atomic E-state index is -1.21. The maximum atomic E-state index is 12.1. The smallest absolute Gasteiger partial charge is 0.337 e. The third-order valence-electron chi connectivity index (χ3n) is 3.88. The minimum Gasteiger partial charge on any atom is -0.508 e. The highest BCUT2D eigenvalue weighted by Gasteiger charge is 2.13. The quantitative estimate of drug-likeness (QED) is 0.571. The van der Waals surface area contributed by atoms with E-state index in [0.717, 1.165) is 22.4 Å². The summed E-state index contributed by atoms with van der Waals surface area (Å²) in [7, 11) is 0. The van der Waals surface area contributed by atoms with Crippen molar-refractivity contribution >= 4 is 40.1 Å². The van der Waals surface area contributed by atoms with Crippen LogP contribution in [0.25, 0.3) is 10.8 Å². The lowest BCUT2D eigenvalue weighted by Gasteiger charge is -2.09. The topological polar surface area (TPSA) is 86.6 Å². The average Bonchev–Trinajstić information content (AvgIpc) is 2.63. The number of phenolic OH excluding ortho intramolecular Hbond substituents is 1. The van der Waals surface area contributed by atoms with Crippen molar-refractivity contribution < 1.29 is 19.8 Å². The molecule has 0 atom stereocenters. The number of nitrogens with one attached hydrogen (secondary N) is 1. The molecule has 0 aromatic heterocycles. The number of amides is 1. The highest BCUT2D eigenvalue weighted by Crippen LogP contribution is 2.24. The van der Waals surface area contributed by atoms with Crippen molar-refractivity contribution in [3.8, 4) is 5.75 Å². The molecule has 0 aliphatic rings. The number of hydrogen-bond acceptors (Lipinski definition) is 4. The van der Waals surface area contributed by atoms with Gasteiger partial charge in [-0.15, -0.1) is 11.8 Å². The van der Waals surface area contributed by atoms with Crippen LogP contribution in [-0.4, -0.2) is 27.8 Å². The molecule has 1 amide bonds. The molecular weight excluding hydrogens is 350 g/mol. The van der Waals surface area contributed by atoms with Crippen LogP contribution in [0, 0.1) is 0 Å². The Balaban J connectivity index is 1.62. The lowest BCUT2D eigenvalue weighted by atomic mass is 10.1. The SMILES string of the molecule is O=C(CSCc1cccc2ccccc12)Nc1ccc(O)cc1C(=O)O. The number of phenols is 1. The molecule has 5 nitrogen and oxygen atoms in total. The Morgan fingerprint density at radius 1 is 1.00 bits per heavy atom. The second kappa shape index (κ2) is 7.93. The zero-order chi connectivity index (χ0) is 18.5. The van der Waals surface area contributed by atoms with Gasteiger partial charge in [-0.05, 0) is 34.5 Å². The maximum absolute atomic E-state index is 12.1. The van der Waals surface area contributed by atoms with Crippen LogP contribution in [-0.2, 0) is 10.5 Å². The zero-order valence-corrected chi connectivity index (χ0v) is 14.6. The van der Waals surface area contributed by atoms with E-state index in [1.807, 2.05) is 24.3 Å². The fourth-order valence-corrected chi connectivity index (χ4v) is 3.51. The Hall–Kier alpha value is -2.99. The summed E-state index contributed by atoms with van der Waals surface area (Å²) in [5, 5.41) is 23.5. The second-order valence-corrected chi connectivity index (χ2v) is 6.70. The van der Waals surface area contributed by atoms with E-state index in [2.05, 4.69) is 23.5 Å². The molecule has 0 aliphatic carbocycles. The molecule has 3 rings (SSSR count). The molecule has 3 aromatic carbocycles. The van der Waals surface area contributed by atoms with Crippen LogP contribution in [0.15, 0.2) is 60.7 Å². The Morgan fingerprint density at radius 2 is 1.77 bits per heavy atom. The Kier molecular flexibility index (Phi) is 5.43. The predicted molar refractivity (Wildman–Crippen MR) is 104 cm³/mol. The summed E-state index contributed by atoms with van der Waals surface area (Å²) in [6, 6.07) is 18.0. The summed E-state index contributed by atoms with van der Waals surface area (Å²) in [6.07, 6.45) is 0. The van der Waals surface area contributed by atoms with Crippen LogP contribution in [0.4, 0.5) is 5.69 Å². The molecule has 3 aromatic rings. The number of thioether (sulfide) groups is 1. The molecule has 0 heterocycles. The van der Waals surface area contributed by atoms with Gasteiger partial charge < -0.3 is 15.5 Å². The van der Waals surface area contributed by atoms with Crippen LogP contribution < -0.4 is 5.32 Å². The number of carboxylic acid groups (broad SMARTS) is 1. The van der Waals surface area contributed by atoms with Crippen molar-refractivity contribution in [1.82, 2.24) is 0 Å². The molecule has 0 fully saturated rings. The molecule has 0 unspecified atom stereocenters. The molecule has 0 aliphatic heterocycles. The van der Waals surface area contributed by atoms with Crippen molar-refractivity contribution in [3.63, 3.8) is 0 Å². The van der Waals surface area contributed by atoms with Crippen molar-refractivity contribution in [2.45, 2.75) is 5.75 Å². The van der Waals surface area contributed by atoms with Crippen molar-refractivity contribution in [3.05, 3.63) is 71.8 Å². The Bertz CT molecular complexity index is 966. The highest BCUT2D eigenvalue weighted by molar-refractivity contribution is 7.99. The molecule has 0 saturated heterocycles. The fourth-order valence-electron chi connectivity index (χ4n) is 2.68. The van der Waals surface area contributed by atoms with Crippen LogP contribution in [0.3, 0.4) is 0 Å². The van der Waals surface area contributed by atoms with Gasteiger partial charge in [0.2, 0.25) is 5.91 Å². The number of hydrogen-bond donors (Lipinski definition) is 3. The summed E-state index contributed by atoms with van der Waals surface area (Å²) < 4.78 is 0. The van der Waals surface area contributed by atoms with Crippen LogP contribution in [0.2, 0.25) is 0 Å². The predicted octanol–water partition coefficient (Wildman–Crippen LogP) is 4.12. The maximum Gasteiger partial charge on any atom is 0.337 e. The number of carboxylic acids is 1. The van der Waals surface area contributed by atoms with Gasteiger partial charge in [0.05, 0.1) is 17.0 Å². The first-order chi connectivity index (χ1) is 12.5. The summed E-state index contributed by atoms with van der Waals surface area (Å²) in [5.74, 6) is -0.784. The monoisotopic (exact) mass is 367 g/mol. The molecular formula is C20H17NO4S. The van der Waals surface area contributed by atoms with Gasteiger partial charge in [0.15, 0.2) is 0 Å². The number of rotatable bonds is 6. The molecule has 0 bridgehead atoms. The third kappa shape index (κ3) is 4.15. The number of carbonyl (C=O) groups is 2. The fraction of sp³-hybridized carbons (Fsp3) is 0.100. The van der Waals surface area contributed by atoms with E-state index in [-0.39, 0.29) is 28.7 Å². The van der Waals surface area contributed by atoms with Crippen LogP contribution >= 0.6 is 11.8 Å². The molecule has 0 radical (unpaired) electrons. The summed E-state index contributed by atoms with van der Waals surface area (Å²) in [6.45, 7) is 0. The lowest BCUT2D eigenvalue weighted by Crippen LogP contribution is -2.16. The Labute approximate surface area is 154 Å². The molecule has 3 N–H and O–H groups in total. The molecule has 132 valence electrons. The van der Waals surface area contributed by atoms with Gasteiger partial charge in [0, 0.05) is 5.75 Å². The first-order valence-electron chi connectivity index (χ1n) is 7.95. The van der Waals surface area contributed by atoms with E-state index >= 15 is 0 Å². The number of fused-ring (bicyclic) bond motifs is 1. The minimum absolute atomic E-state index is 0.141. The standard InChI is InChI=1S/C20H17NO4S/c22-15-8-9-18(17(10-15)20(24)25)21-19(23)12-26-11-14-6-3-5-13-4-1-2-7-16(13)14/h1-10,22H,11-12H2,(H,21,23)(H,24,25). The van der Waals surface area contributed by atoms with Gasteiger partial charge in [0.25, 0.3) is 0 Å². The molecule has 26 heavy (non-hydrogen) atoms. The van der Waals surface area contributed by atoms with E-state index in [1.165, 1.54) is 23.9 Å². The summed E-state index contributed by atoms with van der Waals surface area (Å²) >= 11 is 1.46. The van der Waals surface area contributed by atoms with Gasteiger partial charge in [-0.3, -0.25) is 4.79 Å². The van der Waals surface area contributed by atoms with Crippen LogP contribution in [0.5, 0.6) is 5.75 Å². The van der Waals surface area contributed by atoms with Crippen LogP contribution in [0.1, 0.15) is 15.9 Å². The average molecular weight is 367 g/mol. The number of aromatic carboxylic acids is 1. The normalized spacial score (nSPS) is 10.6. The zero-order valence-electron chi connectivity index (χ0n) is 13.8. The van der Waals surface area contributed by atoms with E-state index in [9.17, 15) is 14.7 Å². The van der Waals surface area contributed by atoms with E-state index in [0.29, 0.717) is 5.75 Å². The molecule has 0 spiro atoms. The van der Waals surface area contributed by atoms with Gasteiger partial charge in [-0.25, -0.2) is 4.79 Å². The number of carbonyl (C=O) groups excluding carboxylic acids is 1. The van der Waals surface area contributed by atoms with Gasteiger partial charge >= 0.3 is 5.97 Å². The van der Waals surface area contributed by atoms with Crippen molar-refractivity contribution in [2.75, 3.05) is 11.1 Å².